The van der Waals surface area contributed by atoms with Gasteiger partial charge in [0, 0.05) is 18.7 Å². The van der Waals surface area contributed by atoms with Gasteiger partial charge in [-0.25, -0.2) is 18.7 Å². The van der Waals surface area contributed by atoms with Crippen molar-refractivity contribution in [3.05, 3.63) is 53.0 Å². The first-order chi connectivity index (χ1) is 9.65. The lowest BCUT2D eigenvalue weighted by molar-refractivity contribution is 0.506. The van der Waals surface area contributed by atoms with E-state index in [2.05, 4.69) is 15.1 Å². The zero-order valence-electron chi connectivity index (χ0n) is 10.2. The molecule has 0 saturated heterocycles. The first-order valence-corrected chi connectivity index (χ1v) is 5.82. The van der Waals surface area contributed by atoms with Gasteiger partial charge in [-0.3, -0.25) is 9.48 Å². The van der Waals surface area contributed by atoms with Crippen LogP contribution in [0.2, 0.25) is 0 Å². The van der Waals surface area contributed by atoms with Crippen LogP contribution in [-0.4, -0.2) is 24.3 Å². The third kappa shape index (κ3) is 2.15. The second-order valence-corrected chi connectivity index (χ2v) is 4.16. The number of fused-ring (bicyclic) bond motifs is 1. The van der Waals surface area contributed by atoms with Gasteiger partial charge in [-0.15, -0.1) is 0 Å². The van der Waals surface area contributed by atoms with Gasteiger partial charge in [0.1, 0.15) is 12.7 Å². The Kier molecular flexibility index (Phi) is 2.97. The molecule has 0 atom stereocenters. The van der Waals surface area contributed by atoms with Crippen molar-refractivity contribution in [2.45, 2.75) is 13.1 Å². The Balaban J connectivity index is 2.06. The zero-order chi connectivity index (χ0) is 14.1. The normalized spacial score (nSPS) is 11.1. The van der Waals surface area contributed by atoms with Crippen molar-refractivity contribution >= 4 is 11.0 Å². The van der Waals surface area contributed by atoms with Crippen molar-refractivity contribution in [1.29, 1.82) is 0 Å². The number of halogens is 2. The lowest BCUT2D eigenvalue weighted by atomic mass is 10.2. The van der Waals surface area contributed by atoms with Crippen molar-refractivity contribution < 1.29 is 8.78 Å². The summed E-state index contributed by atoms with van der Waals surface area (Å²) in [5, 5.41) is 3.91. The van der Waals surface area contributed by atoms with Gasteiger partial charge in [0.05, 0.1) is 23.8 Å². The minimum absolute atomic E-state index is 0.224. The lowest BCUT2D eigenvalue weighted by Gasteiger charge is -2.09. The Morgan fingerprint density at radius 3 is 2.70 bits per heavy atom. The van der Waals surface area contributed by atoms with Gasteiger partial charge in [-0.1, -0.05) is 0 Å². The van der Waals surface area contributed by atoms with Gasteiger partial charge in [0.2, 0.25) is 0 Å². The van der Waals surface area contributed by atoms with Gasteiger partial charge in [-0.2, -0.15) is 5.10 Å². The van der Waals surface area contributed by atoms with E-state index < -0.39 is 11.6 Å². The fraction of sp³-hybridized carbons (Fsp3) is 0.167. The zero-order valence-corrected chi connectivity index (χ0v) is 10.2. The minimum atomic E-state index is -1.01. The van der Waals surface area contributed by atoms with E-state index in [1.165, 1.54) is 17.2 Å². The van der Waals surface area contributed by atoms with E-state index >= 15 is 0 Å². The Morgan fingerprint density at radius 2 is 1.95 bits per heavy atom. The molecule has 102 valence electrons. The van der Waals surface area contributed by atoms with Gasteiger partial charge >= 0.3 is 0 Å². The van der Waals surface area contributed by atoms with Gasteiger partial charge in [-0.05, 0) is 0 Å². The Labute approximate surface area is 111 Å². The van der Waals surface area contributed by atoms with Gasteiger partial charge < -0.3 is 4.57 Å². The minimum Gasteiger partial charge on any atom is -0.303 e. The highest BCUT2D eigenvalue weighted by atomic mass is 19.2. The molecule has 6 nitrogen and oxygen atoms in total. The topological polar surface area (TPSA) is 65.6 Å². The molecule has 0 radical (unpaired) electrons. The standard InChI is InChI=1S/C12H9F2N5O/c13-8-3-10-11(4-9(8)14)19(12(20)5-16-10)2-1-18-7-15-6-17-18/h3-7H,1-2H2. The number of hydrogen-bond donors (Lipinski definition) is 0. The van der Waals surface area contributed by atoms with E-state index in [4.69, 9.17) is 0 Å². The summed E-state index contributed by atoms with van der Waals surface area (Å²) in [4.78, 5) is 19.4. The van der Waals surface area contributed by atoms with Crippen LogP contribution in [0.25, 0.3) is 11.0 Å². The Bertz CT molecular complexity index is 813. The lowest BCUT2D eigenvalue weighted by Crippen LogP contribution is -2.23. The molecule has 0 amide bonds. The number of aromatic nitrogens is 5. The van der Waals surface area contributed by atoms with Crippen molar-refractivity contribution in [3.63, 3.8) is 0 Å². The number of benzene rings is 1. The molecule has 0 aliphatic carbocycles. The molecular weight excluding hydrogens is 268 g/mol. The first kappa shape index (κ1) is 12.4. The molecule has 0 saturated carbocycles. The summed E-state index contributed by atoms with van der Waals surface area (Å²) in [5.74, 6) is -2.01. The summed E-state index contributed by atoms with van der Waals surface area (Å²) in [6.07, 6.45) is 3.97. The molecule has 3 rings (SSSR count). The van der Waals surface area contributed by atoms with Crippen LogP contribution in [0.15, 0.2) is 35.8 Å². The van der Waals surface area contributed by atoms with Crippen LogP contribution in [0.1, 0.15) is 0 Å². The van der Waals surface area contributed by atoms with Crippen LogP contribution in [-0.2, 0) is 13.1 Å². The summed E-state index contributed by atoms with van der Waals surface area (Å²) < 4.78 is 29.4. The predicted octanol–water partition coefficient (Wildman–Crippen LogP) is 0.966. The van der Waals surface area contributed by atoms with Crippen LogP contribution < -0.4 is 5.56 Å². The van der Waals surface area contributed by atoms with Crippen molar-refractivity contribution in [2.24, 2.45) is 0 Å². The van der Waals surface area contributed by atoms with Crippen molar-refractivity contribution in [1.82, 2.24) is 24.3 Å². The van der Waals surface area contributed by atoms with Crippen LogP contribution >= 0.6 is 0 Å². The van der Waals surface area contributed by atoms with Gasteiger partial charge in [0.15, 0.2) is 11.6 Å². The predicted molar refractivity (Wildman–Crippen MR) is 65.9 cm³/mol. The maximum Gasteiger partial charge on any atom is 0.269 e. The number of aryl methyl sites for hydroxylation is 2. The molecule has 0 aliphatic rings. The number of hydrogen-bond acceptors (Lipinski definition) is 4. The van der Waals surface area contributed by atoms with E-state index in [0.717, 1.165) is 18.3 Å². The van der Waals surface area contributed by atoms with Crippen LogP contribution in [0.4, 0.5) is 8.78 Å². The molecule has 0 bridgehead atoms. The first-order valence-electron chi connectivity index (χ1n) is 5.82. The molecule has 0 aliphatic heterocycles. The average Bonchev–Trinajstić information content (AvgIpc) is 2.93. The molecular formula is C12H9F2N5O. The molecule has 1 aromatic carbocycles. The van der Waals surface area contributed by atoms with Crippen molar-refractivity contribution in [3.8, 4) is 0 Å². The smallest absolute Gasteiger partial charge is 0.269 e. The fourth-order valence-electron chi connectivity index (χ4n) is 1.94. The SMILES string of the molecule is O=c1cnc2cc(F)c(F)cc2n1CCn1cncn1. The third-order valence-electron chi connectivity index (χ3n) is 2.91. The average molecular weight is 277 g/mol. The second kappa shape index (κ2) is 4.80. The summed E-state index contributed by atoms with van der Waals surface area (Å²) >= 11 is 0. The Hall–Kier alpha value is -2.64. The van der Waals surface area contributed by atoms with Gasteiger partial charge in [0.25, 0.3) is 5.56 Å². The van der Waals surface area contributed by atoms with E-state index in [1.54, 1.807) is 4.68 Å². The van der Waals surface area contributed by atoms with E-state index in [1.807, 2.05) is 0 Å². The fourth-order valence-corrected chi connectivity index (χ4v) is 1.94. The second-order valence-electron chi connectivity index (χ2n) is 4.16. The molecule has 8 heteroatoms. The molecule has 0 fully saturated rings. The van der Waals surface area contributed by atoms with E-state index in [-0.39, 0.29) is 23.1 Å². The highest BCUT2D eigenvalue weighted by molar-refractivity contribution is 5.74. The van der Waals surface area contributed by atoms with Crippen molar-refractivity contribution in [2.75, 3.05) is 0 Å². The largest absolute Gasteiger partial charge is 0.303 e. The molecule has 0 unspecified atom stereocenters. The molecule has 3 aromatic rings. The van der Waals surface area contributed by atoms with Crippen LogP contribution in [0.3, 0.4) is 0 Å². The number of nitrogens with zero attached hydrogens (tertiary/aromatic N) is 5. The third-order valence-corrected chi connectivity index (χ3v) is 2.91. The molecule has 2 heterocycles. The summed E-state index contributed by atoms with van der Waals surface area (Å²) in [6, 6.07) is 1.94. The summed E-state index contributed by atoms with van der Waals surface area (Å²) in [6.45, 7) is 0.643. The van der Waals surface area contributed by atoms with E-state index in [0.29, 0.717) is 6.54 Å². The van der Waals surface area contributed by atoms with E-state index in [9.17, 15) is 13.6 Å². The highest BCUT2D eigenvalue weighted by Gasteiger charge is 2.10. The molecule has 0 N–H and O–H groups in total. The Morgan fingerprint density at radius 1 is 1.15 bits per heavy atom. The maximum atomic E-state index is 13.3. The van der Waals surface area contributed by atoms with Crippen LogP contribution in [0.5, 0.6) is 0 Å². The quantitative estimate of drug-likeness (QED) is 0.715. The molecule has 20 heavy (non-hydrogen) atoms. The monoisotopic (exact) mass is 277 g/mol. The number of rotatable bonds is 3. The molecule has 2 aromatic heterocycles. The van der Waals surface area contributed by atoms with Crippen LogP contribution in [0, 0.1) is 11.6 Å². The highest BCUT2D eigenvalue weighted by Crippen LogP contribution is 2.15. The maximum absolute atomic E-state index is 13.3. The summed E-state index contributed by atoms with van der Waals surface area (Å²) in [7, 11) is 0. The summed E-state index contributed by atoms with van der Waals surface area (Å²) in [5.41, 5.74) is 0.0854. The molecule has 0 spiro atoms.